The average Bonchev–Trinajstić information content (AvgIpc) is 2.74. The van der Waals surface area contributed by atoms with Crippen LogP contribution in [0.2, 0.25) is 0 Å². The summed E-state index contributed by atoms with van der Waals surface area (Å²) in [6, 6.07) is 14.0. The molecule has 152 valence electrons. The number of anilines is 1. The molecule has 7 nitrogen and oxygen atoms in total. The van der Waals surface area contributed by atoms with Crippen molar-refractivity contribution in [2.24, 2.45) is 0 Å². The number of carbonyl (C=O) groups excluding carboxylic acids is 2. The third-order valence-electron chi connectivity index (χ3n) is 3.77. The predicted molar refractivity (Wildman–Crippen MR) is 111 cm³/mol. The Labute approximate surface area is 170 Å². The molecule has 0 heterocycles. The van der Waals surface area contributed by atoms with Crippen LogP contribution in [0.3, 0.4) is 0 Å². The summed E-state index contributed by atoms with van der Waals surface area (Å²) >= 11 is 0. The highest BCUT2D eigenvalue weighted by molar-refractivity contribution is 7.92. The first-order valence-corrected chi connectivity index (χ1v) is 10.2. The van der Waals surface area contributed by atoms with Crippen molar-refractivity contribution in [1.29, 1.82) is 0 Å². The van der Waals surface area contributed by atoms with E-state index in [-0.39, 0.29) is 23.5 Å². The molecule has 2 aromatic rings. The summed E-state index contributed by atoms with van der Waals surface area (Å²) in [5, 5.41) is 2.48. The van der Waals surface area contributed by atoms with Crippen LogP contribution in [0.25, 0.3) is 0 Å². The van der Waals surface area contributed by atoms with Crippen molar-refractivity contribution in [2.45, 2.75) is 4.90 Å². The standard InChI is InChI=1S/C21H22N2O5S/c1-3-13-22-20(24)16-28-21(25)17-9-8-12-19(15-17)29(26,27)23(14-4-2)18-10-6-5-7-11-18/h3-12,15H,1-2,13-14,16H2,(H,22,24). The van der Waals surface area contributed by atoms with Crippen molar-refractivity contribution < 1.29 is 22.7 Å². The first-order chi connectivity index (χ1) is 13.9. The molecule has 2 aromatic carbocycles. The van der Waals surface area contributed by atoms with Crippen molar-refractivity contribution in [1.82, 2.24) is 5.32 Å². The van der Waals surface area contributed by atoms with E-state index in [9.17, 15) is 18.0 Å². The highest BCUT2D eigenvalue weighted by atomic mass is 32.2. The van der Waals surface area contributed by atoms with E-state index in [1.54, 1.807) is 30.3 Å². The van der Waals surface area contributed by atoms with Gasteiger partial charge in [-0.1, -0.05) is 36.4 Å². The van der Waals surface area contributed by atoms with Gasteiger partial charge in [-0.05, 0) is 30.3 Å². The average molecular weight is 414 g/mol. The second kappa shape index (κ2) is 10.2. The fraction of sp³-hybridized carbons (Fsp3) is 0.143. The van der Waals surface area contributed by atoms with Crippen LogP contribution >= 0.6 is 0 Å². The second-order valence-electron chi connectivity index (χ2n) is 5.86. The lowest BCUT2D eigenvalue weighted by molar-refractivity contribution is -0.124. The first-order valence-electron chi connectivity index (χ1n) is 8.73. The maximum absolute atomic E-state index is 13.1. The van der Waals surface area contributed by atoms with E-state index in [2.05, 4.69) is 18.5 Å². The molecule has 0 bridgehead atoms. The number of rotatable bonds is 10. The largest absolute Gasteiger partial charge is 0.452 e. The number of carbonyl (C=O) groups is 2. The van der Waals surface area contributed by atoms with E-state index in [1.807, 2.05) is 0 Å². The number of para-hydroxylation sites is 1. The van der Waals surface area contributed by atoms with Crippen LogP contribution in [0, 0.1) is 0 Å². The highest BCUT2D eigenvalue weighted by Gasteiger charge is 2.25. The fourth-order valence-corrected chi connectivity index (χ4v) is 3.90. The maximum atomic E-state index is 13.1. The summed E-state index contributed by atoms with van der Waals surface area (Å²) in [4.78, 5) is 23.7. The van der Waals surface area contributed by atoms with E-state index >= 15 is 0 Å². The van der Waals surface area contributed by atoms with E-state index in [0.717, 1.165) is 0 Å². The molecule has 0 aromatic heterocycles. The smallest absolute Gasteiger partial charge is 0.338 e. The van der Waals surface area contributed by atoms with Gasteiger partial charge in [0.25, 0.3) is 15.9 Å². The number of nitrogens with one attached hydrogen (secondary N) is 1. The summed E-state index contributed by atoms with van der Waals surface area (Å²) in [6.07, 6.45) is 2.97. The molecule has 1 N–H and O–H groups in total. The zero-order valence-electron chi connectivity index (χ0n) is 15.8. The fourth-order valence-electron chi connectivity index (χ4n) is 2.42. The Balaban J connectivity index is 2.24. The van der Waals surface area contributed by atoms with Crippen LogP contribution in [-0.4, -0.2) is 40.0 Å². The zero-order valence-corrected chi connectivity index (χ0v) is 16.6. The van der Waals surface area contributed by atoms with Crippen LogP contribution in [-0.2, 0) is 19.6 Å². The number of hydrogen-bond donors (Lipinski definition) is 1. The van der Waals surface area contributed by atoms with Crippen LogP contribution in [0.4, 0.5) is 5.69 Å². The quantitative estimate of drug-likeness (QED) is 0.476. The summed E-state index contributed by atoms with van der Waals surface area (Å²) < 4.78 is 32.4. The molecule has 0 aliphatic carbocycles. The Morgan fingerprint density at radius 2 is 1.76 bits per heavy atom. The van der Waals surface area contributed by atoms with Gasteiger partial charge in [-0.25, -0.2) is 13.2 Å². The summed E-state index contributed by atoms with van der Waals surface area (Å²) in [6.45, 7) is 6.92. The van der Waals surface area contributed by atoms with Gasteiger partial charge in [0.2, 0.25) is 0 Å². The van der Waals surface area contributed by atoms with Crippen LogP contribution in [0.15, 0.2) is 84.8 Å². The zero-order chi connectivity index (χ0) is 21.3. The molecule has 29 heavy (non-hydrogen) atoms. The lowest BCUT2D eigenvalue weighted by Crippen LogP contribution is -2.31. The SMILES string of the molecule is C=CCNC(=O)COC(=O)c1cccc(S(=O)(=O)N(CC=C)c2ccccc2)c1. The normalized spacial score (nSPS) is 10.6. The molecule has 0 saturated carbocycles. The Kier molecular flexibility index (Phi) is 7.73. The van der Waals surface area contributed by atoms with Gasteiger partial charge in [-0.3, -0.25) is 9.10 Å². The minimum absolute atomic E-state index is 0.0224. The maximum Gasteiger partial charge on any atom is 0.338 e. The Morgan fingerprint density at radius 1 is 1.03 bits per heavy atom. The van der Waals surface area contributed by atoms with Crippen molar-refractivity contribution in [3.05, 3.63) is 85.5 Å². The van der Waals surface area contributed by atoms with Gasteiger partial charge < -0.3 is 10.1 Å². The van der Waals surface area contributed by atoms with Gasteiger partial charge in [0.05, 0.1) is 22.7 Å². The molecule has 0 spiro atoms. The summed E-state index contributed by atoms with van der Waals surface area (Å²) in [5.41, 5.74) is 0.494. The van der Waals surface area contributed by atoms with Crippen LogP contribution < -0.4 is 9.62 Å². The third kappa shape index (κ3) is 5.79. The Bertz CT molecular complexity index is 987. The minimum Gasteiger partial charge on any atom is -0.452 e. The molecule has 2 rings (SSSR count). The lowest BCUT2D eigenvalue weighted by atomic mass is 10.2. The monoisotopic (exact) mass is 414 g/mol. The Hall–Kier alpha value is -3.39. The second-order valence-corrected chi connectivity index (χ2v) is 7.72. The van der Waals surface area contributed by atoms with Gasteiger partial charge >= 0.3 is 5.97 Å². The molecular weight excluding hydrogens is 392 g/mol. The van der Waals surface area contributed by atoms with Crippen molar-refractivity contribution in [3.8, 4) is 0 Å². The van der Waals surface area contributed by atoms with Gasteiger partial charge in [0.15, 0.2) is 6.61 Å². The summed E-state index contributed by atoms with van der Waals surface area (Å²) in [7, 11) is -3.95. The molecule has 0 unspecified atom stereocenters. The number of nitrogens with zero attached hydrogens (tertiary/aromatic N) is 1. The van der Waals surface area contributed by atoms with Gasteiger partial charge in [0, 0.05) is 6.54 Å². The van der Waals surface area contributed by atoms with Gasteiger partial charge in [-0.15, -0.1) is 13.2 Å². The van der Waals surface area contributed by atoms with Gasteiger partial charge in [0.1, 0.15) is 0 Å². The lowest BCUT2D eigenvalue weighted by Gasteiger charge is -2.23. The predicted octanol–water partition coefficient (Wildman–Crippen LogP) is 2.53. The third-order valence-corrected chi connectivity index (χ3v) is 5.56. The molecular formula is C21H22N2O5S. The molecule has 0 fully saturated rings. The number of ether oxygens (including phenoxy) is 1. The van der Waals surface area contributed by atoms with Crippen LogP contribution in [0.1, 0.15) is 10.4 Å². The van der Waals surface area contributed by atoms with Crippen molar-refractivity contribution in [2.75, 3.05) is 24.0 Å². The molecule has 0 aliphatic heterocycles. The van der Waals surface area contributed by atoms with Crippen molar-refractivity contribution in [3.63, 3.8) is 0 Å². The number of benzene rings is 2. The molecule has 0 atom stereocenters. The number of hydrogen-bond acceptors (Lipinski definition) is 5. The number of sulfonamides is 1. The minimum atomic E-state index is -3.95. The van der Waals surface area contributed by atoms with Crippen LogP contribution in [0.5, 0.6) is 0 Å². The molecule has 1 amide bonds. The molecule has 0 aliphatic rings. The van der Waals surface area contributed by atoms with Crippen molar-refractivity contribution >= 4 is 27.6 Å². The molecule has 0 saturated heterocycles. The molecule has 0 radical (unpaired) electrons. The molecule has 8 heteroatoms. The number of amides is 1. The van der Waals surface area contributed by atoms with E-state index in [4.69, 9.17) is 4.74 Å². The van der Waals surface area contributed by atoms with E-state index < -0.39 is 28.5 Å². The number of esters is 1. The van der Waals surface area contributed by atoms with E-state index in [1.165, 1.54) is 40.7 Å². The van der Waals surface area contributed by atoms with Gasteiger partial charge in [-0.2, -0.15) is 0 Å². The highest BCUT2D eigenvalue weighted by Crippen LogP contribution is 2.24. The first kappa shape index (κ1) is 21.9. The summed E-state index contributed by atoms with van der Waals surface area (Å²) in [5.74, 6) is -1.28. The van der Waals surface area contributed by atoms with E-state index in [0.29, 0.717) is 5.69 Å². The Morgan fingerprint density at radius 3 is 2.41 bits per heavy atom. The topological polar surface area (TPSA) is 92.8 Å².